The van der Waals surface area contributed by atoms with Crippen LogP contribution in [0.2, 0.25) is 0 Å². The lowest BCUT2D eigenvalue weighted by atomic mass is 10.2. The molecule has 0 spiro atoms. The van der Waals surface area contributed by atoms with Crippen LogP contribution < -0.4 is 19.3 Å². The second-order valence-electron chi connectivity index (χ2n) is 5.03. The lowest BCUT2D eigenvalue weighted by molar-refractivity contribution is -0.255. The molecule has 6 nitrogen and oxygen atoms in total. The van der Waals surface area contributed by atoms with Gasteiger partial charge in [0.05, 0.1) is 25.8 Å². The van der Waals surface area contributed by atoms with E-state index >= 15 is 0 Å². The summed E-state index contributed by atoms with van der Waals surface area (Å²) in [4.78, 5) is 10.6. The van der Waals surface area contributed by atoms with E-state index in [-0.39, 0.29) is 5.56 Å². The van der Waals surface area contributed by atoms with E-state index in [1.54, 1.807) is 12.1 Å². The summed E-state index contributed by atoms with van der Waals surface area (Å²) in [5.74, 6) is 0.886. The number of ether oxygens (including phenoxy) is 4. The van der Waals surface area contributed by atoms with Crippen molar-refractivity contribution in [3.8, 4) is 17.2 Å². The van der Waals surface area contributed by atoms with E-state index in [0.717, 1.165) is 11.5 Å². The van der Waals surface area contributed by atoms with E-state index in [4.69, 9.17) is 18.9 Å². The molecule has 0 unspecified atom stereocenters. The van der Waals surface area contributed by atoms with E-state index in [9.17, 15) is 9.90 Å². The van der Waals surface area contributed by atoms with Crippen LogP contribution in [-0.2, 0) is 4.74 Å². The summed E-state index contributed by atoms with van der Waals surface area (Å²) in [5, 5.41) is 10.6. The third-order valence-electron chi connectivity index (χ3n) is 3.20. The molecule has 0 N–H and O–H groups in total. The van der Waals surface area contributed by atoms with E-state index in [0.29, 0.717) is 38.8 Å². The molecule has 0 radical (unpaired) electrons. The quantitative estimate of drug-likeness (QED) is 0.579. The van der Waals surface area contributed by atoms with E-state index < -0.39 is 5.97 Å². The second-order valence-corrected chi connectivity index (χ2v) is 5.03. The molecule has 0 saturated heterocycles. The minimum absolute atomic E-state index is 0.120. The molecule has 2 aromatic carbocycles. The van der Waals surface area contributed by atoms with Gasteiger partial charge >= 0.3 is 0 Å². The normalized spacial score (nSPS) is 10.3. The Bertz CT molecular complexity index is 653. The highest BCUT2D eigenvalue weighted by Gasteiger charge is 1.99. The largest absolute Gasteiger partial charge is 0.545 e. The van der Waals surface area contributed by atoms with E-state index in [1.807, 2.05) is 31.2 Å². The topological polar surface area (TPSA) is 77.0 Å². The molecule has 2 aromatic rings. The fourth-order valence-corrected chi connectivity index (χ4v) is 2.05. The zero-order chi connectivity index (χ0) is 17.9. The number of benzene rings is 2. The minimum atomic E-state index is -1.21. The van der Waals surface area contributed by atoms with Crippen molar-refractivity contribution in [1.29, 1.82) is 0 Å². The summed E-state index contributed by atoms with van der Waals surface area (Å²) in [7, 11) is 0. The van der Waals surface area contributed by atoms with Crippen LogP contribution in [0.15, 0.2) is 48.5 Å². The van der Waals surface area contributed by atoms with Crippen molar-refractivity contribution in [1.82, 2.24) is 0 Å². The molecule has 0 aromatic heterocycles. The van der Waals surface area contributed by atoms with Crippen LogP contribution in [0, 0.1) is 0 Å². The maximum absolute atomic E-state index is 10.6. The summed E-state index contributed by atoms with van der Waals surface area (Å²) in [6.45, 7) is 4.18. The average molecular weight is 345 g/mol. The van der Waals surface area contributed by atoms with Gasteiger partial charge in [-0.1, -0.05) is 6.07 Å². The lowest BCUT2D eigenvalue weighted by Crippen LogP contribution is -2.21. The number of hydrogen-bond acceptors (Lipinski definition) is 6. The molecule has 0 aliphatic carbocycles. The first kappa shape index (κ1) is 18.6. The first-order valence-electron chi connectivity index (χ1n) is 8.06. The summed E-state index contributed by atoms with van der Waals surface area (Å²) in [5.41, 5.74) is 0.120. The number of carbonyl (C=O) groups excluding carboxylic acids is 1. The van der Waals surface area contributed by atoms with Gasteiger partial charge in [-0.25, -0.2) is 0 Å². The first-order chi connectivity index (χ1) is 12.2. The number of hydrogen-bond donors (Lipinski definition) is 0. The highest BCUT2D eigenvalue weighted by atomic mass is 16.5. The van der Waals surface area contributed by atoms with E-state index in [2.05, 4.69) is 0 Å². The molecule has 0 saturated carbocycles. The fourth-order valence-electron chi connectivity index (χ4n) is 2.05. The summed E-state index contributed by atoms with van der Waals surface area (Å²) >= 11 is 0. The monoisotopic (exact) mass is 345 g/mol. The number of carboxylic acid groups (broad SMARTS) is 1. The van der Waals surface area contributed by atoms with Crippen LogP contribution in [0.3, 0.4) is 0 Å². The smallest absolute Gasteiger partial charge is 0.123 e. The molecule has 6 heteroatoms. The molecule has 0 aliphatic heterocycles. The Balaban J connectivity index is 1.57. The number of carbonyl (C=O) groups is 1. The van der Waals surface area contributed by atoms with Gasteiger partial charge in [0.25, 0.3) is 0 Å². The number of carboxylic acids is 1. The third kappa shape index (κ3) is 6.73. The molecule has 0 amide bonds. The van der Waals surface area contributed by atoms with E-state index in [1.165, 1.54) is 12.1 Å². The average Bonchev–Trinajstić information content (AvgIpc) is 2.62. The Labute approximate surface area is 146 Å². The predicted octanol–water partition coefficient (Wildman–Crippen LogP) is 1.92. The van der Waals surface area contributed by atoms with Crippen LogP contribution >= 0.6 is 0 Å². The standard InChI is InChI=1S/C19H22O6/c1-2-23-17-4-3-5-18(14-17)25-13-11-22-10-12-24-16-8-6-15(7-9-16)19(20)21/h3-9,14H,2,10-13H2,1H3,(H,20,21)/p-1. The van der Waals surface area contributed by atoms with Crippen LogP contribution in [0.4, 0.5) is 0 Å². The molecular weight excluding hydrogens is 324 g/mol. The highest BCUT2D eigenvalue weighted by molar-refractivity contribution is 5.85. The maximum Gasteiger partial charge on any atom is 0.123 e. The minimum Gasteiger partial charge on any atom is -0.545 e. The maximum atomic E-state index is 10.6. The van der Waals surface area contributed by atoms with Crippen LogP contribution in [0.5, 0.6) is 17.2 Å². The van der Waals surface area contributed by atoms with Crippen molar-refractivity contribution >= 4 is 5.97 Å². The molecule has 0 atom stereocenters. The summed E-state index contributed by atoms with van der Waals surface area (Å²) < 4.78 is 21.9. The van der Waals surface area contributed by atoms with Gasteiger partial charge < -0.3 is 28.8 Å². The van der Waals surface area contributed by atoms with Gasteiger partial charge in [-0.15, -0.1) is 0 Å². The van der Waals surface area contributed by atoms with Gasteiger partial charge in [-0.2, -0.15) is 0 Å². The highest BCUT2D eigenvalue weighted by Crippen LogP contribution is 2.19. The van der Waals surface area contributed by atoms with Gasteiger partial charge in [-0.05, 0) is 48.9 Å². The molecule has 2 rings (SSSR count). The molecule has 0 bridgehead atoms. The van der Waals surface area contributed by atoms with Gasteiger partial charge in [0, 0.05) is 6.07 Å². The molecule has 0 fully saturated rings. The van der Waals surface area contributed by atoms with Crippen molar-refractivity contribution in [2.75, 3.05) is 33.0 Å². The SMILES string of the molecule is CCOc1cccc(OCCOCCOc2ccc(C(=O)[O-])cc2)c1. The zero-order valence-electron chi connectivity index (χ0n) is 14.1. The third-order valence-corrected chi connectivity index (χ3v) is 3.20. The van der Waals surface area contributed by atoms with Gasteiger partial charge in [0.15, 0.2) is 0 Å². The van der Waals surface area contributed by atoms with Gasteiger partial charge in [0.1, 0.15) is 30.5 Å². The molecule has 134 valence electrons. The van der Waals surface area contributed by atoms with Crippen LogP contribution in [0.1, 0.15) is 17.3 Å². The Hall–Kier alpha value is -2.73. The Morgan fingerprint density at radius 1 is 0.840 bits per heavy atom. The van der Waals surface area contributed by atoms with Crippen molar-refractivity contribution in [2.45, 2.75) is 6.92 Å². The second kappa shape index (κ2) is 10.2. The lowest BCUT2D eigenvalue weighted by Gasteiger charge is -2.10. The van der Waals surface area contributed by atoms with Crippen molar-refractivity contribution in [3.05, 3.63) is 54.1 Å². The molecule has 0 heterocycles. The Kier molecular flexibility index (Phi) is 7.59. The predicted molar refractivity (Wildman–Crippen MR) is 90.2 cm³/mol. The number of rotatable bonds is 11. The zero-order valence-corrected chi connectivity index (χ0v) is 14.1. The van der Waals surface area contributed by atoms with Crippen molar-refractivity contribution in [3.63, 3.8) is 0 Å². The van der Waals surface area contributed by atoms with Crippen molar-refractivity contribution < 1.29 is 28.8 Å². The molecule has 0 aliphatic rings. The van der Waals surface area contributed by atoms with Crippen LogP contribution in [0.25, 0.3) is 0 Å². The Morgan fingerprint density at radius 3 is 2.04 bits per heavy atom. The van der Waals surface area contributed by atoms with Crippen LogP contribution in [-0.4, -0.2) is 39.0 Å². The van der Waals surface area contributed by atoms with Gasteiger partial charge in [-0.3, -0.25) is 0 Å². The first-order valence-corrected chi connectivity index (χ1v) is 8.06. The number of aromatic carboxylic acids is 1. The van der Waals surface area contributed by atoms with Gasteiger partial charge in [0.2, 0.25) is 0 Å². The van der Waals surface area contributed by atoms with Crippen molar-refractivity contribution in [2.24, 2.45) is 0 Å². The Morgan fingerprint density at radius 2 is 1.44 bits per heavy atom. The summed E-state index contributed by atoms with van der Waals surface area (Å²) in [6, 6.07) is 13.5. The molecule has 25 heavy (non-hydrogen) atoms. The fraction of sp³-hybridized carbons (Fsp3) is 0.316. The summed E-state index contributed by atoms with van der Waals surface area (Å²) in [6.07, 6.45) is 0. The molecular formula is C19H21O6-.